The number of hydrogen-bond acceptors (Lipinski definition) is 7. The van der Waals surface area contributed by atoms with Crippen LogP contribution in [0, 0.1) is 0 Å². The summed E-state index contributed by atoms with van der Waals surface area (Å²) in [5, 5.41) is 0.763. The molecule has 0 aliphatic carbocycles. The number of fused-ring (bicyclic) bond motifs is 3. The van der Waals surface area contributed by atoms with Crippen molar-refractivity contribution in [3.05, 3.63) is 50.8 Å². The van der Waals surface area contributed by atoms with Gasteiger partial charge in [0, 0.05) is 16.9 Å². The van der Waals surface area contributed by atoms with E-state index in [9.17, 15) is 9.59 Å². The highest BCUT2D eigenvalue weighted by molar-refractivity contribution is 7.19. The van der Waals surface area contributed by atoms with Gasteiger partial charge in [-0.15, -0.1) is 11.3 Å². The molecule has 0 fully saturated rings. The molecule has 8 heteroatoms. The minimum absolute atomic E-state index is 0.0986. The van der Waals surface area contributed by atoms with Gasteiger partial charge in [0.25, 0.3) is 0 Å². The van der Waals surface area contributed by atoms with E-state index in [1.807, 2.05) is 13.8 Å². The smallest absolute Gasteiger partial charge is 0.351 e. The Morgan fingerprint density at radius 3 is 2.75 bits per heavy atom. The zero-order valence-corrected chi connectivity index (χ0v) is 16.8. The monoisotopic (exact) mass is 399 g/mol. The molecule has 2 N–H and O–H groups in total. The summed E-state index contributed by atoms with van der Waals surface area (Å²) >= 11 is 1.44. The Balaban J connectivity index is 1.78. The number of hydrogen-bond donors (Lipinski definition) is 1. The zero-order valence-electron chi connectivity index (χ0n) is 15.9. The number of methoxy groups -OCH3 is 1. The van der Waals surface area contributed by atoms with E-state index in [0.717, 1.165) is 15.8 Å². The van der Waals surface area contributed by atoms with Gasteiger partial charge in [0.15, 0.2) is 5.78 Å². The fourth-order valence-electron chi connectivity index (χ4n) is 3.45. The molecule has 28 heavy (non-hydrogen) atoms. The van der Waals surface area contributed by atoms with Crippen LogP contribution in [0.2, 0.25) is 0 Å². The van der Waals surface area contributed by atoms with Crippen LogP contribution in [-0.2, 0) is 24.3 Å². The predicted octanol–water partition coefficient (Wildman–Crippen LogP) is 2.78. The largest absolute Gasteiger partial charge is 0.497 e. The van der Waals surface area contributed by atoms with Crippen LogP contribution in [-0.4, -0.2) is 28.0 Å². The van der Waals surface area contributed by atoms with Crippen molar-refractivity contribution >= 4 is 33.2 Å². The van der Waals surface area contributed by atoms with Gasteiger partial charge in [0.2, 0.25) is 0 Å². The third-order valence-electron chi connectivity index (χ3n) is 4.93. The van der Waals surface area contributed by atoms with E-state index in [0.29, 0.717) is 29.2 Å². The Bertz CT molecular complexity index is 1130. The average molecular weight is 399 g/mol. The van der Waals surface area contributed by atoms with Crippen molar-refractivity contribution in [2.24, 2.45) is 0 Å². The number of anilines is 1. The summed E-state index contributed by atoms with van der Waals surface area (Å²) in [4.78, 5) is 31.0. The normalized spacial score (nSPS) is 15.4. The number of carbonyl (C=O) groups is 1. The first kappa shape index (κ1) is 18.6. The van der Waals surface area contributed by atoms with E-state index in [4.69, 9.17) is 15.2 Å². The van der Waals surface area contributed by atoms with Crippen molar-refractivity contribution in [2.45, 2.75) is 39.0 Å². The molecule has 0 bridgehead atoms. The van der Waals surface area contributed by atoms with Crippen LogP contribution in [0.5, 0.6) is 5.75 Å². The molecule has 0 spiro atoms. The molecule has 1 aliphatic rings. The number of nitrogens with two attached hydrogens (primary N) is 1. The fourth-order valence-corrected chi connectivity index (χ4v) is 4.68. The molecule has 1 aliphatic heterocycles. The molecule has 0 atom stereocenters. The van der Waals surface area contributed by atoms with Crippen molar-refractivity contribution < 1.29 is 14.3 Å². The van der Waals surface area contributed by atoms with E-state index in [1.54, 1.807) is 31.4 Å². The minimum atomic E-state index is -0.523. The second kappa shape index (κ2) is 6.72. The van der Waals surface area contributed by atoms with Gasteiger partial charge >= 0.3 is 5.69 Å². The van der Waals surface area contributed by atoms with Gasteiger partial charge in [-0.3, -0.25) is 9.36 Å². The first-order chi connectivity index (χ1) is 13.3. The number of aromatic nitrogens is 2. The molecular formula is C20H21N3O4S. The Kier molecular flexibility index (Phi) is 4.47. The maximum absolute atomic E-state index is 12.8. The maximum Gasteiger partial charge on any atom is 0.351 e. The van der Waals surface area contributed by atoms with E-state index < -0.39 is 5.69 Å². The summed E-state index contributed by atoms with van der Waals surface area (Å²) in [6.45, 7) is 4.40. The van der Waals surface area contributed by atoms with Gasteiger partial charge in [0.1, 0.15) is 16.4 Å². The minimum Gasteiger partial charge on any atom is -0.497 e. The van der Waals surface area contributed by atoms with Gasteiger partial charge in [0.05, 0.1) is 31.2 Å². The van der Waals surface area contributed by atoms with Crippen molar-refractivity contribution in [3.63, 3.8) is 0 Å². The quantitative estimate of drug-likeness (QED) is 0.678. The Labute approximate surface area is 165 Å². The Morgan fingerprint density at radius 2 is 2.07 bits per heavy atom. The topological polar surface area (TPSA) is 96.4 Å². The number of rotatable bonds is 4. The van der Waals surface area contributed by atoms with Crippen LogP contribution in [0.15, 0.2) is 29.1 Å². The number of ketones is 1. The van der Waals surface area contributed by atoms with Crippen molar-refractivity contribution in [3.8, 4) is 5.75 Å². The van der Waals surface area contributed by atoms with Crippen LogP contribution >= 0.6 is 11.3 Å². The number of thiophene rings is 1. The number of benzene rings is 1. The highest BCUT2D eigenvalue weighted by Crippen LogP contribution is 2.40. The second-order valence-electron chi connectivity index (χ2n) is 7.43. The molecule has 0 unspecified atom stereocenters. The molecule has 4 rings (SSSR count). The Hall–Kier alpha value is -2.71. The third-order valence-corrected chi connectivity index (χ3v) is 6.16. The van der Waals surface area contributed by atoms with E-state index >= 15 is 0 Å². The SMILES string of the molecule is COc1ccc(C(=O)Cn2c(=O)nc(N)c3c4c(sc32)COC(C)(C)C4)cc1. The zero-order chi connectivity index (χ0) is 20.1. The molecule has 7 nitrogen and oxygen atoms in total. The highest BCUT2D eigenvalue weighted by atomic mass is 32.1. The maximum atomic E-state index is 12.8. The van der Waals surface area contributed by atoms with Crippen LogP contribution in [0.3, 0.4) is 0 Å². The van der Waals surface area contributed by atoms with Crippen LogP contribution in [0.4, 0.5) is 5.82 Å². The second-order valence-corrected chi connectivity index (χ2v) is 8.51. The lowest BCUT2D eigenvalue weighted by molar-refractivity contribution is -0.0379. The summed E-state index contributed by atoms with van der Waals surface area (Å²) in [6, 6.07) is 6.81. The lowest BCUT2D eigenvalue weighted by Gasteiger charge is -2.30. The number of carbonyl (C=O) groups excluding carboxylic acids is 1. The average Bonchev–Trinajstić information content (AvgIpc) is 3.02. The fraction of sp³-hybridized carbons (Fsp3) is 0.350. The molecule has 146 valence electrons. The van der Waals surface area contributed by atoms with Gasteiger partial charge in [-0.2, -0.15) is 4.98 Å². The van der Waals surface area contributed by atoms with E-state index in [1.165, 1.54) is 15.9 Å². The summed E-state index contributed by atoms with van der Waals surface area (Å²) in [6.07, 6.45) is 0.679. The standard InChI is InChI=1S/C20H21N3O4S/c1-20(2)8-13-15(10-27-20)28-18-16(13)17(21)22-19(25)23(18)9-14(24)11-4-6-12(26-3)7-5-11/h4-7H,8-10H2,1-3H3,(H2,21,22,25). The molecule has 0 saturated carbocycles. The van der Waals surface area contributed by atoms with Gasteiger partial charge in [-0.25, -0.2) is 4.79 Å². The van der Waals surface area contributed by atoms with E-state index in [-0.39, 0.29) is 23.7 Å². The molecule has 3 aromatic rings. The summed E-state index contributed by atoms with van der Waals surface area (Å²) in [7, 11) is 1.57. The van der Waals surface area contributed by atoms with Crippen LogP contribution < -0.4 is 16.2 Å². The number of ether oxygens (including phenoxy) is 2. The lowest BCUT2D eigenvalue weighted by atomic mass is 9.94. The van der Waals surface area contributed by atoms with Crippen LogP contribution in [0.25, 0.3) is 10.2 Å². The molecular weight excluding hydrogens is 378 g/mol. The highest BCUT2D eigenvalue weighted by Gasteiger charge is 2.31. The predicted molar refractivity (Wildman–Crippen MR) is 108 cm³/mol. The number of nitrogen functional groups attached to an aromatic ring is 1. The summed E-state index contributed by atoms with van der Waals surface area (Å²) in [5.74, 6) is 0.697. The number of nitrogens with zero attached hydrogens (tertiary/aromatic N) is 2. The van der Waals surface area contributed by atoms with Crippen molar-refractivity contribution in [2.75, 3.05) is 12.8 Å². The number of Topliss-reactive ketones (excluding diaryl/α,β-unsaturated/α-hetero) is 1. The van der Waals surface area contributed by atoms with Crippen molar-refractivity contribution in [1.29, 1.82) is 0 Å². The van der Waals surface area contributed by atoms with Gasteiger partial charge in [-0.05, 0) is 43.7 Å². The van der Waals surface area contributed by atoms with Gasteiger partial charge < -0.3 is 15.2 Å². The molecule has 0 amide bonds. The Morgan fingerprint density at radius 1 is 1.36 bits per heavy atom. The van der Waals surface area contributed by atoms with E-state index in [2.05, 4.69) is 4.98 Å². The lowest BCUT2D eigenvalue weighted by Crippen LogP contribution is -2.31. The molecule has 0 radical (unpaired) electrons. The molecule has 3 heterocycles. The van der Waals surface area contributed by atoms with Crippen LogP contribution in [0.1, 0.15) is 34.6 Å². The summed E-state index contributed by atoms with van der Waals surface area (Å²) in [5.41, 5.74) is 6.83. The van der Waals surface area contributed by atoms with Gasteiger partial charge in [-0.1, -0.05) is 0 Å². The molecule has 1 aromatic carbocycles. The first-order valence-electron chi connectivity index (χ1n) is 8.91. The molecule has 2 aromatic heterocycles. The third kappa shape index (κ3) is 3.18. The van der Waals surface area contributed by atoms with Crippen molar-refractivity contribution in [1.82, 2.24) is 9.55 Å². The molecule has 0 saturated heterocycles. The first-order valence-corrected chi connectivity index (χ1v) is 9.72. The summed E-state index contributed by atoms with van der Waals surface area (Å²) < 4.78 is 12.4.